The van der Waals surface area contributed by atoms with Crippen molar-refractivity contribution in [3.05, 3.63) is 41.6 Å². The van der Waals surface area contributed by atoms with Crippen molar-refractivity contribution in [1.29, 1.82) is 0 Å². The lowest BCUT2D eigenvalue weighted by Gasteiger charge is -2.03. The van der Waals surface area contributed by atoms with E-state index < -0.39 is 0 Å². The summed E-state index contributed by atoms with van der Waals surface area (Å²) < 4.78 is 1.88. The Kier molecular flexibility index (Phi) is 2.60. The van der Waals surface area contributed by atoms with E-state index in [0.717, 1.165) is 5.52 Å². The molecule has 2 N–H and O–H groups in total. The highest BCUT2D eigenvalue weighted by Crippen LogP contribution is 2.16. The summed E-state index contributed by atoms with van der Waals surface area (Å²) >= 11 is 0. The van der Waals surface area contributed by atoms with Crippen LogP contribution in [0.1, 0.15) is 11.1 Å². The molecule has 2 rings (SSSR count). The van der Waals surface area contributed by atoms with Crippen molar-refractivity contribution in [3.63, 3.8) is 0 Å². The van der Waals surface area contributed by atoms with Gasteiger partial charge in [0.15, 0.2) is 6.20 Å². The maximum Gasteiger partial charge on any atom is 0.283 e. The molecule has 82 valence electrons. The molecule has 0 aliphatic rings. The number of hydrogen-bond donors (Lipinski definition) is 1. The van der Waals surface area contributed by atoms with Crippen molar-refractivity contribution in [3.8, 4) is 0 Å². The average molecular weight is 215 g/mol. The molecular weight excluding hydrogens is 200 g/mol. The lowest BCUT2D eigenvalue weighted by molar-refractivity contribution is -0.658. The fourth-order valence-corrected chi connectivity index (χ4v) is 1.89. The van der Waals surface area contributed by atoms with Crippen LogP contribution in [-0.2, 0) is 11.3 Å². The number of hydrogen-bond acceptors (Lipinski definition) is 1. The number of carbonyl (C=O) groups excluding carboxylic acids is 1. The summed E-state index contributed by atoms with van der Waals surface area (Å²) in [4.78, 5) is 11.0. The Morgan fingerprint density at radius 1 is 1.31 bits per heavy atom. The highest BCUT2D eigenvalue weighted by molar-refractivity contribution is 5.80. The van der Waals surface area contributed by atoms with Crippen molar-refractivity contribution in [2.75, 3.05) is 0 Å². The van der Waals surface area contributed by atoms with E-state index in [4.69, 9.17) is 5.73 Å². The first-order valence-electron chi connectivity index (χ1n) is 5.25. The van der Waals surface area contributed by atoms with E-state index in [-0.39, 0.29) is 12.5 Å². The van der Waals surface area contributed by atoms with E-state index in [0.29, 0.717) is 0 Å². The van der Waals surface area contributed by atoms with Gasteiger partial charge in [0.2, 0.25) is 12.1 Å². The normalized spacial score (nSPS) is 10.6. The van der Waals surface area contributed by atoms with Crippen molar-refractivity contribution in [1.82, 2.24) is 0 Å². The molecule has 3 heteroatoms. The van der Waals surface area contributed by atoms with Crippen LogP contribution in [-0.4, -0.2) is 5.91 Å². The van der Waals surface area contributed by atoms with Gasteiger partial charge in [-0.15, -0.1) is 0 Å². The van der Waals surface area contributed by atoms with Crippen LogP contribution in [0, 0.1) is 13.8 Å². The first-order chi connectivity index (χ1) is 7.58. The van der Waals surface area contributed by atoms with Crippen molar-refractivity contribution in [2.24, 2.45) is 5.73 Å². The van der Waals surface area contributed by atoms with Crippen LogP contribution in [0.3, 0.4) is 0 Å². The molecule has 16 heavy (non-hydrogen) atoms. The fourth-order valence-electron chi connectivity index (χ4n) is 1.89. The highest BCUT2D eigenvalue weighted by atomic mass is 16.1. The third-order valence-electron chi connectivity index (χ3n) is 2.72. The molecule has 0 bridgehead atoms. The van der Waals surface area contributed by atoms with Gasteiger partial charge in [0.1, 0.15) is 0 Å². The third-order valence-corrected chi connectivity index (χ3v) is 2.72. The van der Waals surface area contributed by atoms with Crippen molar-refractivity contribution >= 4 is 16.8 Å². The van der Waals surface area contributed by atoms with Crippen molar-refractivity contribution in [2.45, 2.75) is 20.4 Å². The zero-order valence-electron chi connectivity index (χ0n) is 9.53. The minimum absolute atomic E-state index is 0.222. The lowest BCUT2D eigenvalue weighted by Crippen LogP contribution is -2.41. The molecule has 1 amide bonds. The average Bonchev–Trinajstić information content (AvgIpc) is 2.22. The Bertz CT molecular complexity index is 561. The summed E-state index contributed by atoms with van der Waals surface area (Å²) in [6, 6.07) is 8.20. The van der Waals surface area contributed by atoms with Crippen LogP contribution in [0.15, 0.2) is 30.5 Å². The van der Waals surface area contributed by atoms with Crippen LogP contribution in [0.2, 0.25) is 0 Å². The van der Waals surface area contributed by atoms with E-state index in [2.05, 4.69) is 19.9 Å². The topological polar surface area (TPSA) is 47.0 Å². The molecule has 1 heterocycles. The molecule has 0 spiro atoms. The van der Waals surface area contributed by atoms with Crippen LogP contribution < -0.4 is 10.3 Å². The zero-order chi connectivity index (χ0) is 11.7. The monoisotopic (exact) mass is 215 g/mol. The fraction of sp³-hybridized carbons (Fsp3) is 0.231. The number of nitrogens with zero attached hydrogens (tertiary/aromatic N) is 1. The van der Waals surface area contributed by atoms with Gasteiger partial charge < -0.3 is 5.73 Å². The molecule has 1 aromatic carbocycles. The van der Waals surface area contributed by atoms with Gasteiger partial charge >= 0.3 is 0 Å². The molecule has 0 atom stereocenters. The highest BCUT2D eigenvalue weighted by Gasteiger charge is 2.12. The van der Waals surface area contributed by atoms with Gasteiger partial charge in [-0.2, -0.15) is 4.57 Å². The molecule has 0 unspecified atom stereocenters. The second kappa shape index (κ2) is 3.93. The van der Waals surface area contributed by atoms with E-state index in [1.165, 1.54) is 16.5 Å². The zero-order valence-corrected chi connectivity index (χ0v) is 9.53. The molecule has 0 radical (unpaired) electrons. The number of pyridine rings is 1. The summed E-state index contributed by atoms with van der Waals surface area (Å²) in [5.41, 5.74) is 8.69. The number of nitrogens with two attached hydrogens (primary N) is 1. The van der Waals surface area contributed by atoms with E-state index >= 15 is 0 Å². The predicted octanol–water partition coefficient (Wildman–Crippen LogP) is 1.23. The number of amides is 1. The molecule has 3 nitrogen and oxygen atoms in total. The first kappa shape index (κ1) is 10.6. The standard InChI is InChI=1S/C13H14N2O/c1-9-3-4-12-11(7-9)10(2)5-6-15(12)8-13(14)16/h3-7H,8H2,1-2H3,(H-,14,16)/p+1. The second-order valence-electron chi connectivity index (χ2n) is 4.11. The molecule has 0 saturated carbocycles. The molecular formula is C13H15N2O+. The van der Waals surface area contributed by atoms with E-state index in [9.17, 15) is 4.79 Å². The summed E-state index contributed by atoms with van der Waals surface area (Å²) in [6.45, 7) is 4.35. The second-order valence-corrected chi connectivity index (χ2v) is 4.11. The molecule has 2 aromatic rings. The number of benzene rings is 1. The summed E-state index contributed by atoms with van der Waals surface area (Å²) in [6.07, 6.45) is 1.90. The smallest absolute Gasteiger partial charge is 0.283 e. The van der Waals surface area contributed by atoms with Crippen LogP contribution >= 0.6 is 0 Å². The van der Waals surface area contributed by atoms with Gasteiger partial charge in [-0.1, -0.05) is 11.6 Å². The molecule has 0 saturated heterocycles. The Morgan fingerprint density at radius 3 is 2.75 bits per heavy atom. The van der Waals surface area contributed by atoms with Gasteiger partial charge in [-0.05, 0) is 25.5 Å². The summed E-state index contributed by atoms with van der Waals surface area (Å²) in [5.74, 6) is -0.323. The largest absolute Gasteiger partial charge is 0.364 e. The summed E-state index contributed by atoms with van der Waals surface area (Å²) in [7, 11) is 0. The number of rotatable bonds is 2. The Balaban J connectivity index is 2.68. The van der Waals surface area contributed by atoms with Gasteiger partial charge in [-0.3, -0.25) is 4.79 Å². The SMILES string of the molecule is Cc1ccc2c(c1)c(C)cc[n+]2CC(N)=O. The third kappa shape index (κ3) is 1.89. The van der Waals surface area contributed by atoms with Gasteiger partial charge in [0.25, 0.3) is 5.91 Å². The van der Waals surface area contributed by atoms with Crippen LogP contribution in [0.25, 0.3) is 10.9 Å². The van der Waals surface area contributed by atoms with E-state index in [1.807, 2.05) is 29.0 Å². The minimum Gasteiger partial charge on any atom is -0.364 e. The van der Waals surface area contributed by atoms with Gasteiger partial charge in [0, 0.05) is 17.5 Å². The Morgan fingerprint density at radius 2 is 2.06 bits per heavy atom. The molecule has 0 aliphatic carbocycles. The van der Waals surface area contributed by atoms with Crippen LogP contribution in [0.4, 0.5) is 0 Å². The molecule has 1 aromatic heterocycles. The first-order valence-corrected chi connectivity index (χ1v) is 5.25. The van der Waals surface area contributed by atoms with E-state index in [1.54, 1.807) is 0 Å². The number of primary amides is 1. The van der Waals surface area contributed by atoms with Gasteiger partial charge in [-0.25, -0.2) is 0 Å². The Hall–Kier alpha value is -1.90. The number of aryl methyl sites for hydroxylation is 2. The maximum atomic E-state index is 11.0. The maximum absolute atomic E-state index is 11.0. The number of aromatic nitrogens is 1. The van der Waals surface area contributed by atoms with Gasteiger partial charge in [0.05, 0.1) is 0 Å². The lowest BCUT2D eigenvalue weighted by atomic mass is 10.1. The number of carbonyl (C=O) groups is 1. The molecule has 0 aliphatic heterocycles. The number of fused-ring (bicyclic) bond motifs is 1. The Labute approximate surface area is 94.5 Å². The molecule has 0 fully saturated rings. The van der Waals surface area contributed by atoms with Crippen molar-refractivity contribution < 1.29 is 9.36 Å². The quantitative estimate of drug-likeness (QED) is 0.752. The minimum atomic E-state index is -0.323. The van der Waals surface area contributed by atoms with Crippen LogP contribution in [0.5, 0.6) is 0 Å². The summed E-state index contributed by atoms with van der Waals surface area (Å²) in [5, 5.41) is 1.17. The predicted molar refractivity (Wildman–Crippen MR) is 62.8 cm³/mol.